The van der Waals surface area contributed by atoms with Crippen LogP contribution in [0.1, 0.15) is 18.4 Å². The van der Waals surface area contributed by atoms with Gasteiger partial charge in [0.2, 0.25) is 5.82 Å². The molecule has 0 atom stereocenters. The van der Waals surface area contributed by atoms with Crippen molar-refractivity contribution in [3.05, 3.63) is 40.7 Å². The van der Waals surface area contributed by atoms with Crippen molar-refractivity contribution >= 4 is 17.3 Å². The van der Waals surface area contributed by atoms with Gasteiger partial charge in [0.05, 0.1) is 5.03 Å². The van der Waals surface area contributed by atoms with E-state index < -0.39 is 0 Å². The Morgan fingerprint density at radius 2 is 2.19 bits per heavy atom. The quantitative estimate of drug-likeness (QED) is 0.855. The summed E-state index contributed by atoms with van der Waals surface area (Å²) in [5.41, 5.74) is 2.33. The number of allylic oxidation sites excluding steroid dienone is 1. The largest absolute Gasteiger partial charge is 0.379 e. The van der Waals surface area contributed by atoms with Gasteiger partial charge in [-0.1, -0.05) is 29.4 Å². The van der Waals surface area contributed by atoms with Gasteiger partial charge in [-0.05, 0) is 25.7 Å². The van der Waals surface area contributed by atoms with Crippen molar-refractivity contribution in [1.82, 2.24) is 15.5 Å². The average Bonchev–Trinajstić information content (AvgIpc) is 2.97. The van der Waals surface area contributed by atoms with Gasteiger partial charge < -0.3 is 9.84 Å². The van der Waals surface area contributed by atoms with E-state index in [2.05, 4.69) is 21.5 Å². The molecular formula is C15H16N4OS. The van der Waals surface area contributed by atoms with Crippen LogP contribution in [0.25, 0.3) is 17.0 Å². The molecule has 5 nitrogen and oxygen atoms in total. The number of nitrogens with one attached hydrogen (secondary N) is 1. The Morgan fingerprint density at radius 3 is 2.81 bits per heavy atom. The Morgan fingerprint density at radius 1 is 1.43 bits per heavy atom. The minimum Gasteiger partial charge on any atom is -0.379 e. The lowest BCUT2D eigenvalue weighted by Crippen LogP contribution is -2.11. The molecule has 21 heavy (non-hydrogen) atoms. The fraction of sp³-hybridized carbons (Fsp3) is 0.267. The van der Waals surface area contributed by atoms with E-state index in [1.807, 2.05) is 44.4 Å². The molecule has 0 radical (unpaired) electrons. The number of hydrogen-bond donors (Lipinski definition) is 1. The van der Waals surface area contributed by atoms with Crippen LogP contribution in [-0.4, -0.2) is 22.9 Å². The van der Waals surface area contributed by atoms with Crippen molar-refractivity contribution in [2.24, 2.45) is 0 Å². The molecule has 2 rings (SSSR count). The highest BCUT2D eigenvalue weighted by Crippen LogP contribution is 2.25. The molecule has 0 amide bonds. The fourth-order valence-electron chi connectivity index (χ4n) is 1.88. The lowest BCUT2D eigenvalue weighted by atomic mass is 10.1. The number of thioether (sulfide) groups is 1. The van der Waals surface area contributed by atoms with Crippen LogP contribution in [0.4, 0.5) is 0 Å². The monoisotopic (exact) mass is 300 g/mol. The summed E-state index contributed by atoms with van der Waals surface area (Å²) in [4.78, 5) is 4.35. The van der Waals surface area contributed by atoms with Crippen LogP contribution >= 0.6 is 11.8 Å². The van der Waals surface area contributed by atoms with Crippen molar-refractivity contribution in [1.29, 1.82) is 5.26 Å². The lowest BCUT2D eigenvalue weighted by molar-refractivity contribution is 0.409. The predicted octanol–water partition coefficient (Wildman–Crippen LogP) is 3.21. The third-order valence-electron chi connectivity index (χ3n) is 2.91. The summed E-state index contributed by atoms with van der Waals surface area (Å²) in [6, 6.07) is 9.93. The normalized spacial score (nSPS) is 11.7. The Balaban J connectivity index is 2.44. The molecule has 1 aromatic heterocycles. The first-order valence-electron chi connectivity index (χ1n) is 6.53. The minimum atomic E-state index is 0.237. The van der Waals surface area contributed by atoms with E-state index in [0.717, 1.165) is 22.7 Å². The highest BCUT2D eigenvalue weighted by Gasteiger charge is 2.17. The second kappa shape index (κ2) is 6.95. The van der Waals surface area contributed by atoms with Gasteiger partial charge in [-0.15, -0.1) is 11.8 Å². The van der Waals surface area contributed by atoms with Crippen LogP contribution in [0.2, 0.25) is 0 Å². The summed E-state index contributed by atoms with van der Waals surface area (Å²) >= 11 is 1.45. The summed E-state index contributed by atoms with van der Waals surface area (Å²) in [5.74, 6) is 0.730. The molecule has 0 aliphatic rings. The van der Waals surface area contributed by atoms with Crippen molar-refractivity contribution in [2.45, 2.75) is 13.8 Å². The predicted molar refractivity (Wildman–Crippen MR) is 84.2 cm³/mol. The highest BCUT2D eigenvalue weighted by atomic mass is 32.2. The van der Waals surface area contributed by atoms with Crippen LogP contribution in [0, 0.1) is 18.3 Å². The third-order valence-corrected chi connectivity index (χ3v) is 3.66. The molecule has 0 bridgehead atoms. The van der Waals surface area contributed by atoms with Crippen molar-refractivity contribution in [3.63, 3.8) is 0 Å². The van der Waals surface area contributed by atoms with E-state index in [1.165, 1.54) is 11.8 Å². The number of nitriles is 1. The molecule has 6 heteroatoms. The van der Waals surface area contributed by atoms with Crippen LogP contribution in [-0.2, 0) is 0 Å². The molecule has 0 aliphatic heterocycles. The molecule has 0 spiro atoms. The first-order chi connectivity index (χ1) is 10.2. The van der Waals surface area contributed by atoms with Crippen LogP contribution in [0.5, 0.6) is 0 Å². The number of rotatable bonds is 5. The van der Waals surface area contributed by atoms with E-state index in [1.54, 1.807) is 0 Å². The van der Waals surface area contributed by atoms with Gasteiger partial charge in [0, 0.05) is 12.1 Å². The average molecular weight is 300 g/mol. The number of benzene rings is 1. The molecule has 1 heterocycles. The van der Waals surface area contributed by atoms with Gasteiger partial charge in [0.1, 0.15) is 11.6 Å². The lowest BCUT2D eigenvalue weighted by Gasteiger charge is -2.05. The zero-order chi connectivity index (χ0) is 15.2. The molecule has 0 unspecified atom stereocenters. The number of aromatic nitrogens is 2. The van der Waals surface area contributed by atoms with Gasteiger partial charge >= 0.3 is 0 Å². The van der Waals surface area contributed by atoms with E-state index in [4.69, 9.17) is 4.52 Å². The fourth-order valence-corrected chi connectivity index (χ4v) is 2.50. The van der Waals surface area contributed by atoms with E-state index in [9.17, 15) is 5.26 Å². The maximum atomic E-state index is 9.35. The zero-order valence-electron chi connectivity index (χ0n) is 12.2. The van der Waals surface area contributed by atoms with Gasteiger partial charge in [-0.2, -0.15) is 10.2 Å². The third kappa shape index (κ3) is 3.26. The van der Waals surface area contributed by atoms with E-state index in [-0.39, 0.29) is 5.89 Å². The topological polar surface area (TPSA) is 74.7 Å². The van der Waals surface area contributed by atoms with Crippen molar-refractivity contribution in [2.75, 3.05) is 12.8 Å². The summed E-state index contributed by atoms with van der Waals surface area (Å²) in [6.07, 6.45) is 1.90. The van der Waals surface area contributed by atoms with Crippen LogP contribution in [0.3, 0.4) is 0 Å². The second-order valence-electron chi connectivity index (χ2n) is 4.29. The van der Waals surface area contributed by atoms with Gasteiger partial charge in [-0.3, -0.25) is 0 Å². The highest BCUT2D eigenvalue weighted by molar-refractivity contribution is 8.02. The standard InChI is InChI=1S/C15H16N4OS/c1-4-17-15(21-3)12(9-16)14-18-13(19-20-14)11-8-6-5-7-10(11)2/h5-8,17H,4H2,1-3H3/b15-12+. The maximum Gasteiger partial charge on any atom is 0.271 e. The molecular weight excluding hydrogens is 284 g/mol. The summed E-state index contributed by atoms with van der Waals surface area (Å²) in [5, 5.41) is 17.2. The molecule has 2 aromatic rings. The number of nitrogens with zero attached hydrogens (tertiary/aromatic N) is 3. The smallest absolute Gasteiger partial charge is 0.271 e. The first kappa shape index (κ1) is 15.1. The van der Waals surface area contributed by atoms with Crippen molar-refractivity contribution in [3.8, 4) is 17.5 Å². The summed E-state index contributed by atoms with van der Waals surface area (Å²) in [6.45, 7) is 4.68. The Bertz CT molecular complexity index is 700. The SMILES string of the molecule is CCN/C(SC)=C(/C#N)c1nc(-c2ccccc2C)no1. The maximum absolute atomic E-state index is 9.35. The van der Waals surface area contributed by atoms with Crippen LogP contribution in [0.15, 0.2) is 33.8 Å². The van der Waals surface area contributed by atoms with E-state index >= 15 is 0 Å². The zero-order valence-corrected chi connectivity index (χ0v) is 13.0. The molecule has 108 valence electrons. The molecule has 0 saturated heterocycles. The Hall–Kier alpha value is -2.26. The summed E-state index contributed by atoms with van der Waals surface area (Å²) in [7, 11) is 0. The van der Waals surface area contributed by atoms with Gasteiger partial charge in [0.15, 0.2) is 0 Å². The Labute approximate surface area is 128 Å². The minimum absolute atomic E-state index is 0.237. The molecule has 1 N–H and O–H groups in total. The van der Waals surface area contributed by atoms with Gasteiger partial charge in [-0.25, -0.2) is 0 Å². The van der Waals surface area contributed by atoms with E-state index in [0.29, 0.717) is 11.4 Å². The Kier molecular flexibility index (Phi) is 5.01. The van der Waals surface area contributed by atoms with Crippen molar-refractivity contribution < 1.29 is 4.52 Å². The van der Waals surface area contributed by atoms with Crippen LogP contribution < -0.4 is 5.32 Å². The summed E-state index contributed by atoms with van der Waals surface area (Å²) < 4.78 is 5.26. The number of hydrogen-bond acceptors (Lipinski definition) is 6. The molecule has 0 fully saturated rings. The first-order valence-corrected chi connectivity index (χ1v) is 7.76. The molecule has 0 saturated carbocycles. The second-order valence-corrected chi connectivity index (χ2v) is 5.10. The molecule has 0 aliphatic carbocycles. The van der Waals surface area contributed by atoms with Gasteiger partial charge in [0.25, 0.3) is 5.89 Å². The molecule has 1 aromatic carbocycles. The number of aryl methyl sites for hydroxylation is 1.